The molecular weight excluding hydrogens is 378 g/mol. The lowest BCUT2D eigenvalue weighted by atomic mass is 9.79. The highest BCUT2D eigenvalue weighted by Gasteiger charge is 2.37. The van der Waals surface area contributed by atoms with Gasteiger partial charge in [0.25, 0.3) is 0 Å². The molecule has 0 fully saturated rings. The number of aromatic nitrogens is 1. The number of fused-ring (bicyclic) bond motifs is 4. The van der Waals surface area contributed by atoms with Gasteiger partial charge in [0, 0.05) is 29.9 Å². The predicted molar refractivity (Wildman–Crippen MR) is 124 cm³/mol. The van der Waals surface area contributed by atoms with Gasteiger partial charge in [-0.3, -0.25) is 0 Å². The highest BCUT2D eigenvalue weighted by molar-refractivity contribution is 7.21. The minimum atomic E-state index is 0.0267. The van der Waals surface area contributed by atoms with E-state index in [1.807, 2.05) is 11.3 Å². The maximum atomic E-state index is 9.72. The van der Waals surface area contributed by atoms with E-state index in [0.717, 1.165) is 17.6 Å². The number of nitrogens with zero attached hydrogens (tertiary/aromatic N) is 3. The third-order valence-electron chi connectivity index (χ3n) is 6.31. The second-order valence-corrected chi connectivity index (χ2v) is 10.4. The van der Waals surface area contributed by atoms with Gasteiger partial charge in [0.2, 0.25) is 5.36 Å². The summed E-state index contributed by atoms with van der Waals surface area (Å²) in [4.78, 5) is 8.78. The summed E-state index contributed by atoms with van der Waals surface area (Å²) in [7, 11) is 4.17. The number of hydrogen-bond donors (Lipinski definition) is 1. The summed E-state index contributed by atoms with van der Waals surface area (Å²) in [6.07, 6.45) is 1.07. The van der Waals surface area contributed by atoms with E-state index in [4.69, 9.17) is 4.98 Å². The van der Waals surface area contributed by atoms with Crippen molar-refractivity contribution >= 4 is 27.2 Å². The average molecular weight is 411 g/mol. The molecule has 0 amide bonds. The Balaban J connectivity index is 2.11. The number of aryl methyl sites for hydroxylation is 2. The Labute approximate surface area is 177 Å². The summed E-state index contributed by atoms with van der Waals surface area (Å²) in [5.41, 5.74) is 7.35. The molecule has 4 rings (SSSR count). The van der Waals surface area contributed by atoms with E-state index in [1.165, 1.54) is 37.3 Å². The van der Waals surface area contributed by atoms with E-state index in [1.54, 1.807) is 0 Å². The van der Waals surface area contributed by atoms with Crippen LogP contribution in [0.3, 0.4) is 0 Å². The first-order valence-corrected chi connectivity index (χ1v) is 11.2. The molecule has 1 aromatic rings. The van der Waals surface area contributed by atoms with E-state index in [0.29, 0.717) is 12.5 Å². The molecule has 5 heteroatoms. The fraction of sp³-hybridized carbons (Fsp3) is 0.500. The highest BCUT2D eigenvalue weighted by atomic mass is 32.1. The smallest absolute Gasteiger partial charge is 0.201 e. The van der Waals surface area contributed by atoms with Crippen molar-refractivity contribution in [3.8, 4) is 10.6 Å². The summed E-state index contributed by atoms with van der Waals surface area (Å²) in [5.74, 6) is 0.451. The van der Waals surface area contributed by atoms with Crippen molar-refractivity contribution in [2.24, 2.45) is 0 Å². The number of rotatable bonds is 2. The molecule has 3 aliphatic rings. The van der Waals surface area contributed by atoms with Crippen LogP contribution in [0.2, 0.25) is 0 Å². The number of benzene rings is 2. The first-order valence-electron chi connectivity index (χ1n) is 10.4. The van der Waals surface area contributed by atoms with Crippen LogP contribution in [-0.4, -0.2) is 42.9 Å². The van der Waals surface area contributed by atoms with Crippen molar-refractivity contribution in [3.63, 3.8) is 0 Å². The number of hydrogen-bond acceptors (Lipinski definition) is 4. The zero-order chi connectivity index (χ0) is 21.1. The van der Waals surface area contributed by atoms with Crippen LogP contribution >= 0.6 is 11.3 Å². The Bertz CT molecular complexity index is 1140. The normalized spacial score (nSPS) is 18.3. The zero-order valence-corrected chi connectivity index (χ0v) is 19.4. The molecule has 1 aliphatic carbocycles. The lowest BCUT2D eigenvalue weighted by Gasteiger charge is -2.47. The Hall–Kier alpha value is -1.98. The van der Waals surface area contributed by atoms with Crippen molar-refractivity contribution in [3.05, 3.63) is 40.2 Å². The van der Waals surface area contributed by atoms with Gasteiger partial charge in [-0.25, -0.2) is 9.56 Å². The van der Waals surface area contributed by atoms with E-state index in [9.17, 15) is 5.11 Å². The maximum absolute atomic E-state index is 9.72. The average Bonchev–Trinajstić information content (AvgIpc) is 2.63. The molecule has 2 heterocycles. The molecule has 154 valence electrons. The van der Waals surface area contributed by atoms with Gasteiger partial charge in [-0.2, -0.15) is 0 Å². The molecule has 0 bridgehead atoms. The third-order valence-corrected chi connectivity index (χ3v) is 7.46. The molecule has 1 unspecified atom stereocenters. The standard InChI is InChI=1S/C24H32N3OS/c1-14-10-17(26(6)7)12-19-21(14)25-22-15(2)11-18-20(23(22)29-19)16(3)13-24(4,5)27(18)8-9-28/h10-12,16,28H,8-9,13H2,1-7H3/q+1. The number of anilines is 1. The Morgan fingerprint density at radius 2 is 1.93 bits per heavy atom. The van der Waals surface area contributed by atoms with Crippen LogP contribution in [0.25, 0.3) is 20.8 Å². The summed E-state index contributed by atoms with van der Waals surface area (Å²) >= 11 is 1.87. The van der Waals surface area contributed by atoms with Crippen LogP contribution in [0, 0.1) is 13.8 Å². The summed E-state index contributed by atoms with van der Waals surface area (Å²) in [6, 6.07) is 6.77. The third kappa shape index (κ3) is 3.24. The van der Waals surface area contributed by atoms with Gasteiger partial charge in [-0.15, -0.1) is 11.3 Å². The molecule has 0 saturated carbocycles. The number of β-amino-alcohol motifs (C(OH)–C–C–N with tert-alkyl or cyclic N) is 1. The van der Waals surface area contributed by atoms with E-state index in [2.05, 4.69) is 76.4 Å². The summed E-state index contributed by atoms with van der Waals surface area (Å²) < 4.78 is 3.46. The van der Waals surface area contributed by atoms with Crippen LogP contribution in [0.15, 0.2) is 18.2 Å². The fourth-order valence-electron chi connectivity index (χ4n) is 4.96. The van der Waals surface area contributed by atoms with Gasteiger partial charge in [0.1, 0.15) is 14.1 Å². The van der Waals surface area contributed by atoms with Gasteiger partial charge in [-0.1, -0.05) is 6.92 Å². The molecule has 0 aromatic heterocycles. The predicted octanol–water partition coefficient (Wildman–Crippen LogP) is 4.13. The largest absolute Gasteiger partial charge is 0.395 e. The van der Waals surface area contributed by atoms with Crippen molar-refractivity contribution in [1.82, 2.24) is 9.56 Å². The first kappa shape index (κ1) is 20.3. The van der Waals surface area contributed by atoms with Crippen molar-refractivity contribution in [1.29, 1.82) is 0 Å². The van der Waals surface area contributed by atoms with Crippen LogP contribution in [0.1, 0.15) is 49.8 Å². The fourth-order valence-corrected chi connectivity index (χ4v) is 6.38. The summed E-state index contributed by atoms with van der Waals surface area (Å²) in [6.45, 7) is 12.1. The van der Waals surface area contributed by atoms with E-state index >= 15 is 0 Å². The topological polar surface area (TPSA) is 39.4 Å². The van der Waals surface area contributed by atoms with Crippen molar-refractivity contribution in [2.75, 3.05) is 32.1 Å². The molecule has 29 heavy (non-hydrogen) atoms. The maximum Gasteiger partial charge on any atom is 0.201 e. The molecular formula is C24H32N3OS+. The minimum Gasteiger partial charge on any atom is -0.395 e. The van der Waals surface area contributed by atoms with Gasteiger partial charge >= 0.3 is 0 Å². The van der Waals surface area contributed by atoms with E-state index < -0.39 is 0 Å². The van der Waals surface area contributed by atoms with Gasteiger partial charge in [-0.05, 0) is 62.8 Å². The van der Waals surface area contributed by atoms with Crippen LogP contribution in [0.5, 0.6) is 0 Å². The molecule has 4 nitrogen and oxygen atoms in total. The van der Waals surface area contributed by atoms with Crippen LogP contribution < -0.4 is 14.8 Å². The lowest BCUT2D eigenvalue weighted by Crippen LogP contribution is -2.49. The number of aliphatic hydroxyl groups excluding tert-OH is 1. The first-order chi connectivity index (χ1) is 13.6. The minimum absolute atomic E-state index is 0.0267. The number of aliphatic hydroxyl groups is 1. The van der Waals surface area contributed by atoms with E-state index in [-0.39, 0.29) is 12.1 Å². The molecule has 1 aromatic carbocycles. The Morgan fingerprint density at radius 3 is 2.59 bits per heavy atom. The quantitative estimate of drug-likeness (QED) is 0.510. The molecule has 0 radical (unpaired) electrons. The molecule has 0 saturated heterocycles. The van der Waals surface area contributed by atoms with Crippen LogP contribution in [-0.2, 0) is 0 Å². The molecule has 2 aliphatic heterocycles. The van der Waals surface area contributed by atoms with Crippen molar-refractivity contribution in [2.45, 2.75) is 52.5 Å². The second kappa shape index (κ2) is 7.06. The SMILES string of the molecule is Cc1cc(=[N+](C)C)cc2sc3c4c(cc(C)c3nc1-2)N(CCO)C(C)(C)CC4C. The molecule has 0 spiro atoms. The molecule has 1 atom stereocenters. The summed E-state index contributed by atoms with van der Waals surface area (Å²) in [5, 5.41) is 10.9. The van der Waals surface area contributed by atoms with Gasteiger partial charge < -0.3 is 10.0 Å². The Kier molecular flexibility index (Phi) is 4.94. The van der Waals surface area contributed by atoms with Crippen molar-refractivity contribution < 1.29 is 5.11 Å². The zero-order valence-electron chi connectivity index (χ0n) is 18.6. The highest BCUT2D eigenvalue weighted by Crippen LogP contribution is 2.49. The van der Waals surface area contributed by atoms with Gasteiger partial charge in [0.05, 0.1) is 27.4 Å². The van der Waals surface area contributed by atoms with Gasteiger partial charge in [0.15, 0.2) is 0 Å². The lowest BCUT2D eigenvalue weighted by molar-refractivity contribution is 0.277. The second-order valence-electron chi connectivity index (χ2n) is 9.31. The van der Waals surface area contributed by atoms with Crippen LogP contribution in [0.4, 0.5) is 5.69 Å². The Morgan fingerprint density at radius 1 is 1.21 bits per heavy atom. The monoisotopic (exact) mass is 410 g/mol. The molecule has 1 N–H and O–H groups in total.